The predicted octanol–water partition coefficient (Wildman–Crippen LogP) is 0.620. The van der Waals surface area contributed by atoms with E-state index in [1.165, 1.54) is 0 Å². The minimum Gasteiger partial charge on any atom is -0.456 e. The summed E-state index contributed by atoms with van der Waals surface area (Å²) in [4.78, 5) is 11.8. The van der Waals surface area contributed by atoms with Crippen LogP contribution in [-0.2, 0) is 9.47 Å². The van der Waals surface area contributed by atoms with Crippen molar-refractivity contribution >= 4 is 5.97 Å². The summed E-state index contributed by atoms with van der Waals surface area (Å²) >= 11 is 0. The molecular weight excluding hydrogens is 236 g/mol. The number of aliphatic hydroxyl groups excluding tert-OH is 2. The van der Waals surface area contributed by atoms with Crippen LogP contribution in [0.4, 0.5) is 0 Å². The van der Waals surface area contributed by atoms with Gasteiger partial charge >= 0.3 is 5.97 Å². The van der Waals surface area contributed by atoms with Gasteiger partial charge in [-0.1, -0.05) is 17.7 Å². The van der Waals surface area contributed by atoms with Crippen molar-refractivity contribution in [3.05, 3.63) is 35.4 Å². The zero-order valence-electron chi connectivity index (χ0n) is 10.1. The van der Waals surface area contributed by atoms with E-state index < -0.39 is 24.5 Å². The highest BCUT2D eigenvalue weighted by Gasteiger charge is 2.36. The van der Waals surface area contributed by atoms with E-state index in [0.29, 0.717) is 5.56 Å². The second kappa shape index (κ2) is 5.48. The molecule has 3 atom stereocenters. The number of carbonyl (C=O) groups is 1. The molecule has 2 rings (SSSR count). The number of esters is 1. The molecule has 0 radical (unpaired) electrons. The highest BCUT2D eigenvalue weighted by atomic mass is 16.6. The normalized spacial score (nSPS) is 27.2. The molecule has 2 N–H and O–H groups in total. The highest BCUT2D eigenvalue weighted by Crippen LogP contribution is 2.22. The van der Waals surface area contributed by atoms with Gasteiger partial charge in [0.25, 0.3) is 0 Å². The van der Waals surface area contributed by atoms with Crippen LogP contribution in [0.3, 0.4) is 0 Å². The molecule has 0 bridgehead atoms. The largest absolute Gasteiger partial charge is 0.456 e. The van der Waals surface area contributed by atoms with E-state index >= 15 is 0 Å². The lowest BCUT2D eigenvalue weighted by molar-refractivity contribution is -0.108. The van der Waals surface area contributed by atoms with Gasteiger partial charge in [-0.05, 0) is 19.1 Å². The van der Waals surface area contributed by atoms with Gasteiger partial charge in [0.05, 0.1) is 12.2 Å². The quantitative estimate of drug-likeness (QED) is 0.771. The van der Waals surface area contributed by atoms with Crippen LogP contribution in [0, 0.1) is 6.92 Å². The van der Waals surface area contributed by atoms with Crippen molar-refractivity contribution in [2.75, 3.05) is 6.61 Å². The first-order valence-electron chi connectivity index (χ1n) is 5.82. The Labute approximate surface area is 105 Å². The van der Waals surface area contributed by atoms with E-state index in [4.69, 9.17) is 14.6 Å². The van der Waals surface area contributed by atoms with Crippen LogP contribution in [0.1, 0.15) is 22.3 Å². The number of aryl methyl sites for hydroxylation is 1. The molecule has 18 heavy (non-hydrogen) atoms. The number of aliphatic hydroxyl groups is 2. The van der Waals surface area contributed by atoms with Crippen LogP contribution in [0.5, 0.6) is 0 Å². The molecule has 1 aliphatic rings. The second-order valence-electron chi connectivity index (χ2n) is 4.36. The van der Waals surface area contributed by atoms with Gasteiger partial charge in [0.15, 0.2) is 6.29 Å². The molecule has 5 heteroatoms. The Hall–Kier alpha value is -1.43. The van der Waals surface area contributed by atoms with E-state index in [9.17, 15) is 9.90 Å². The van der Waals surface area contributed by atoms with Crippen LogP contribution in [0.15, 0.2) is 24.3 Å². The van der Waals surface area contributed by atoms with Crippen LogP contribution < -0.4 is 0 Å². The summed E-state index contributed by atoms with van der Waals surface area (Å²) in [5.41, 5.74) is 1.50. The van der Waals surface area contributed by atoms with Crippen LogP contribution in [0.2, 0.25) is 0 Å². The molecule has 5 nitrogen and oxygen atoms in total. The van der Waals surface area contributed by atoms with Crippen molar-refractivity contribution in [3.8, 4) is 0 Å². The van der Waals surface area contributed by atoms with E-state index in [1.807, 2.05) is 19.1 Å². The maximum atomic E-state index is 11.8. The molecular formula is C13H16O5. The number of ether oxygens (including phenoxy) is 2. The topological polar surface area (TPSA) is 76.0 Å². The molecule has 0 unspecified atom stereocenters. The zero-order chi connectivity index (χ0) is 13.1. The third-order valence-corrected chi connectivity index (χ3v) is 2.91. The van der Waals surface area contributed by atoms with Gasteiger partial charge in [-0.25, -0.2) is 4.79 Å². The molecule has 0 amide bonds. The van der Waals surface area contributed by atoms with Crippen molar-refractivity contribution in [3.63, 3.8) is 0 Å². The molecule has 1 aliphatic heterocycles. The summed E-state index contributed by atoms with van der Waals surface area (Å²) in [6.07, 6.45) is -2.07. The smallest absolute Gasteiger partial charge is 0.338 e. The number of benzene rings is 1. The summed E-state index contributed by atoms with van der Waals surface area (Å²) in [6.45, 7) is 1.64. The van der Waals surface area contributed by atoms with Crippen LogP contribution in [0.25, 0.3) is 0 Å². The fourth-order valence-electron chi connectivity index (χ4n) is 1.88. The van der Waals surface area contributed by atoms with Crippen molar-refractivity contribution in [1.82, 2.24) is 0 Å². The highest BCUT2D eigenvalue weighted by molar-refractivity contribution is 5.89. The predicted molar refractivity (Wildman–Crippen MR) is 63.0 cm³/mol. The molecule has 1 heterocycles. The van der Waals surface area contributed by atoms with Gasteiger partial charge in [0.2, 0.25) is 0 Å². The van der Waals surface area contributed by atoms with Gasteiger partial charge in [-0.3, -0.25) is 0 Å². The Morgan fingerprint density at radius 1 is 1.44 bits per heavy atom. The van der Waals surface area contributed by atoms with Crippen LogP contribution >= 0.6 is 0 Å². The average Bonchev–Trinajstić information content (AvgIpc) is 2.70. The number of carbonyl (C=O) groups excluding carboxylic acids is 1. The molecule has 1 fully saturated rings. The Kier molecular flexibility index (Phi) is 3.96. The molecule has 98 valence electrons. The SMILES string of the molecule is Cc1ccc(C(=O)O[C@H]2C[C@@H](O)O[C@@H]2CO)cc1. The number of rotatable bonds is 3. The Morgan fingerprint density at radius 3 is 2.72 bits per heavy atom. The number of hydrogen-bond donors (Lipinski definition) is 2. The first-order valence-corrected chi connectivity index (χ1v) is 5.82. The van der Waals surface area contributed by atoms with E-state index in [2.05, 4.69) is 0 Å². The third-order valence-electron chi connectivity index (χ3n) is 2.91. The van der Waals surface area contributed by atoms with Crippen molar-refractivity contribution in [2.45, 2.75) is 31.8 Å². The lowest BCUT2D eigenvalue weighted by atomic mass is 10.1. The summed E-state index contributed by atoms with van der Waals surface area (Å²) in [5.74, 6) is -0.476. The molecule has 1 aromatic rings. The van der Waals surface area contributed by atoms with Crippen LogP contribution in [-0.4, -0.2) is 41.3 Å². The van der Waals surface area contributed by atoms with E-state index in [-0.39, 0.29) is 13.0 Å². The molecule has 1 aromatic carbocycles. The maximum Gasteiger partial charge on any atom is 0.338 e. The Morgan fingerprint density at radius 2 is 2.11 bits per heavy atom. The first kappa shape index (κ1) is 13.0. The van der Waals surface area contributed by atoms with E-state index in [1.54, 1.807) is 12.1 Å². The van der Waals surface area contributed by atoms with Gasteiger partial charge in [0, 0.05) is 6.42 Å². The molecule has 0 saturated carbocycles. The lowest BCUT2D eigenvalue weighted by Gasteiger charge is -2.16. The molecule has 0 spiro atoms. The summed E-state index contributed by atoms with van der Waals surface area (Å²) in [7, 11) is 0. The summed E-state index contributed by atoms with van der Waals surface area (Å²) in [5, 5.41) is 18.3. The maximum absolute atomic E-state index is 11.8. The minimum absolute atomic E-state index is 0.183. The monoisotopic (exact) mass is 252 g/mol. The van der Waals surface area contributed by atoms with Gasteiger partial charge < -0.3 is 19.7 Å². The van der Waals surface area contributed by atoms with Crippen molar-refractivity contribution in [2.24, 2.45) is 0 Å². The fraction of sp³-hybridized carbons (Fsp3) is 0.462. The average molecular weight is 252 g/mol. The lowest BCUT2D eigenvalue weighted by Crippen LogP contribution is -2.30. The minimum atomic E-state index is -0.988. The Bertz CT molecular complexity index is 414. The zero-order valence-corrected chi connectivity index (χ0v) is 10.1. The fourth-order valence-corrected chi connectivity index (χ4v) is 1.88. The first-order chi connectivity index (χ1) is 8.60. The van der Waals surface area contributed by atoms with Gasteiger partial charge in [-0.15, -0.1) is 0 Å². The summed E-state index contributed by atoms with van der Waals surface area (Å²) < 4.78 is 10.2. The standard InChI is InChI=1S/C13H16O5/c1-8-2-4-9(5-3-8)13(16)18-10-6-12(15)17-11(10)7-14/h2-5,10-12,14-15H,6-7H2,1H3/t10-,11+,12-/m0/s1. The Balaban J connectivity index is 2.00. The van der Waals surface area contributed by atoms with Crippen molar-refractivity contribution in [1.29, 1.82) is 0 Å². The third kappa shape index (κ3) is 2.87. The van der Waals surface area contributed by atoms with Gasteiger partial charge in [0.1, 0.15) is 12.2 Å². The summed E-state index contributed by atoms with van der Waals surface area (Å²) in [6, 6.07) is 7.00. The van der Waals surface area contributed by atoms with Gasteiger partial charge in [-0.2, -0.15) is 0 Å². The van der Waals surface area contributed by atoms with Crippen molar-refractivity contribution < 1.29 is 24.5 Å². The van der Waals surface area contributed by atoms with E-state index in [0.717, 1.165) is 5.56 Å². The molecule has 0 aromatic heterocycles. The number of hydrogen-bond acceptors (Lipinski definition) is 5. The second-order valence-corrected chi connectivity index (χ2v) is 4.36. The molecule has 1 saturated heterocycles. The molecule has 0 aliphatic carbocycles.